The van der Waals surface area contributed by atoms with E-state index in [4.69, 9.17) is 0 Å². The summed E-state index contributed by atoms with van der Waals surface area (Å²) in [5, 5.41) is 6.48. The fourth-order valence-electron chi connectivity index (χ4n) is 3.13. The number of nitrogens with one attached hydrogen (secondary N) is 2. The Morgan fingerprint density at radius 2 is 1.42 bits per heavy atom. The molecule has 0 saturated carbocycles. The van der Waals surface area contributed by atoms with Crippen molar-refractivity contribution < 1.29 is 4.79 Å². The van der Waals surface area contributed by atoms with Crippen molar-refractivity contribution >= 4 is 5.91 Å². The van der Waals surface area contributed by atoms with Gasteiger partial charge in [0.05, 0.1) is 0 Å². The minimum absolute atomic E-state index is 0.220. The summed E-state index contributed by atoms with van der Waals surface area (Å²) >= 11 is 0. The van der Waals surface area contributed by atoms with Crippen LogP contribution in [0.4, 0.5) is 0 Å². The van der Waals surface area contributed by atoms with Crippen LogP contribution < -0.4 is 10.6 Å². The van der Waals surface area contributed by atoms with Crippen molar-refractivity contribution in [2.45, 2.75) is 84.0 Å². The number of hydrogen-bond donors (Lipinski definition) is 2. The second-order valence-electron chi connectivity index (χ2n) is 7.27. The van der Waals surface area contributed by atoms with Gasteiger partial charge >= 0.3 is 0 Å². The topological polar surface area (TPSA) is 41.1 Å². The predicted molar refractivity (Wildman–Crippen MR) is 112 cm³/mol. The molecular weight excluding hydrogens is 320 g/mol. The Hall–Kier alpha value is -1.35. The molecule has 1 rings (SSSR count). The monoisotopic (exact) mass is 360 g/mol. The Balaban J connectivity index is 1.79. The molecule has 0 bridgehead atoms. The Morgan fingerprint density at radius 3 is 2.12 bits per heavy atom. The van der Waals surface area contributed by atoms with Gasteiger partial charge in [0.15, 0.2) is 0 Å². The molecule has 1 aromatic rings. The quantitative estimate of drug-likeness (QED) is 0.373. The third-order valence-electron chi connectivity index (χ3n) is 4.79. The van der Waals surface area contributed by atoms with Gasteiger partial charge in [0.1, 0.15) is 0 Å². The molecule has 0 aliphatic heterocycles. The maximum Gasteiger partial charge on any atom is 0.219 e. The summed E-state index contributed by atoms with van der Waals surface area (Å²) in [6.07, 6.45) is 14.4. The third kappa shape index (κ3) is 13.9. The van der Waals surface area contributed by atoms with Crippen LogP contribution in [0.2, 0.25) is 0 Å². The Kier molecular flexibility index (Phi) is 14.9. The number of carbonyl (C=O) groups is 1. The van der Waals surface area contributed by atoms with Gasteiger partial charge in [0, 0.05) is 13.0 Å². The van der Waals surface area contributed by atoms with Gasteiger partial charge in [-0.3, -0.25) is 4.79 Å². The second-order valence-corrected chi connectivity index (χ2v) is 7.27. The molecular formula is C23H40N2O. The molecule has 0 aromatic heterocycles. The molecule has 0 radical (unpaired) electrons. The highest BCUT2D eigenvalue weighted by atomic mass is 16.1. The number of unbranched alkanes of at least 4 members (excludes halogenated alkanes) is 8. The summed E-state index contributed by atoms with van der Waals surface area (Å²) in [4.78, 5) is 11.8. The molecule has 1 amide bonds. The summed E-state index contributed by atoms with van der Waals surface area (Å²) in [7, 11) is 0. The van der Waals surface area contributed by atoms with Gasteiger partial charge in [-0.25, -0.2) is 0 Å². The second kappa shape index (κ2) is 17.1. The molecule has 1 aromatic carbocycles. The standard InChI is InChI=1S/C23H40N2O/c1-2-3-4-5-6-7-8-9-13-17-23(26)25-20-14-19-24-21-18-22-15-11-10-12-16-22/h10-12,15-16,24H,2-9,13-14,17-21H2,1H3,(H,25,26). The lowest BCUT2D eigenvalue weighted by atomic mass is 10.1. The molecule has 0 aliphatic carbocycles. The third-order valence-corrected chi connectivity index (χ3v) is 4.79. The summed E-state index contributed by atoms with van der Waals surface area (Å²) in [6, 6.07) is 10.5. The van der Waals surface area contributed by atoms with Crippen molar-refractivity contribution in [3.05, 3.63) is 35.9 Å². The average Bonchev–Trinajstić information content (AvgIpc) is 2.67. The van der Waals surface area contributed by atoms with Crippen LogP contribution in [-0.2, 0) is 11.2 Å². The Labute approximate surface area is 161 Å². The largest absolute Gasteiger partial charge is 0.356 e. The van der Waals surface area contributed by atoms with E-state index in [1.165, 1.54) is 56.9 Å². The van der Waals surface area contributed by atoms with Gasteiger partial charge in [-0.2, -0.15) is 0 Å². The molecule has 0 fully saturated rings. The molecule has 0 aliphatic rings. The predicted octanol–water partition coefficient (Wildman–Crippen LogP) is 5.25. The lowest BCUT2D eigenvalue weighted by molar-refractivity contribution is -0.121. The van der Waals surface area contributed by atoms with Gasteiger partial charge in [0.2, 0.25) is 5.91 Å². The van der Waals surface area contributed by atoms with E-state index in [9.17, 15) is 4.79 Å². The summed E-state index contributed by atoms with van der Waals surface area (Å²) in [6.45, 7) is 5.00. The van der Waals surface area contributed by atoms with Gasteiger partial charge < -0.3 is 10.6 Å². The molecule has 0 heterocycles. The van der Waals surface area contributed by atoms with Crippen LogP contribution in [0, 0.1) is 0 Å². The highest BCUT2D eigenvalue weighted by Crippen LogP contribution is 2.10. The molecule has 0 spiro atoms. The molecule has 0 atom stereocenters. The zero-order chi connectivity index (χ0) is 18.7. The van der Waals surface area contributed by atoms with Crippen molar-refractivity contribution in [3.63, 3.8) is 0 Å². The fourth-order valence-corrected chi connectivity index (χ4v) is 3.13. The van der Waals surface area contributed by atoms with E-state index in [0.717, 1.165) is 38.9 Å². The molecule has 3 nitrogen and oxygen atoms in total. The zero-order valence-electron chi connectivity index (χ0n) is 16.9. The number of carbonyl (C=O) groups excluding carboxylic acids is 1. The van der Waals surface area contributed by atoms with E-state index in [0.29, 0.717) is 6.42 Å². The van der Waals surface area contributed by atoms with E-state index in [1.54, 1.807) is 0 Å². The summed E-state index contributed by atoms with van der Waals surface area (Å²) in [5.41, 5.74) is 1.37. The van der Waals surface area contributed by atoms with E-state index >= 15 is 0 Å². The fraction of sp³-hybridized carbons (Fsp3) is 0.696. The van der Waals surface area contributed by atoms with Gasteiger partial charge in [-0.05, 0) is 37.9 Å². The summed E-state index contributed by atoms with van der Waals surface area (Å²) in [5.74, 6) is 0.220. The van der Waals surface area contributed by atoms with Gasteiger partial charge in [-0.1, -0.05) is 88.6 Å². The normalized spacial score (nSPS) is 10.8. The van der Waals surface area contributed by atoms with Crippen LogP contribution >= 0.6 is 0 Å². The first kappa shape index (κ1) is 22.7. The van der Waals surface area contributed by atoms with Crippen molar-refractivity contribution in [1.82, 2.24) is 10.6 Å². The Morgan fingerprint density at radius 1 is 0.769 bits per heavy atom. The first-order valence-corrected chi connectivity index (χ1v) is 10.8. The molecule has 2 N–H and O–H groups in total. The van der Waals surface area contributed by atoms with Crippen LogP contribution in [0.25, 0.3) is 0 Å². The smallest absolute Gasteiger partial charge is 0.219 e. The van der Waals surface area contributed by atoms with E-state index in [2.05, 4.69) is 41.8 Å². The van der Waals surface area contributed by atoms with Gasteiger partial charge in [0.25, 0.3) is 0 Å². The number of amides is 1. The van der Waals surface area contributed by atoms with Crippen molar-refractivity contribution in [3.8, 4) is 0 Å². The van der Waals surface area contributed by atoms with Crippen LogP contribution in [0.5, 0.6) is 0 Å². The number of hydrogen-bond acceptors (Lipinski definition) is 2. The average molecular weight is 361 g/mol. The maximum absolute atomic E-state index is 11.8. The van der Waals surface area contributed by atoms with Crippen LogP contribution in [0.15, 0.2) is 30.3 Å². The molecule has 26 heavy (non-hydrogen) atoms. The van der Waals surface area contributed by atoms with E-state index < -0.39 is 0 Å². The van der Waals surface area contributed by atoms with Crippen molar-refractivity contribution in [1.29, 1.82) is 0 Å². The van der Waals surface area contributed by atoms with Crippen LogP contribution in [0.3, 0.4) is 0 Å². The van der Waals surface area contributed by atoms with Crippen LogP contribution in [-0.4, -0.2) is 25.5 Å². The molecule has 0 saturated heterocycles. The number of rotatable bonds is 17. The minimum Gasteiger partial charge on any atom is -0.356 e. The van der Waals surface area contributed by atoms with Crippen molar-refractivity contribution in [2.24, 2.45) is 0 Å². The minimum atomic E-state index is 0.220. The molecule has 3 heteroatoms. The highest BCUT2D eigenvalue weighted by Gasteiger charge is 2.00. The lowest BCUT2D eigenvalue weighted by Crippen LogP contribution is -2.27. The summed E-state index contributed by atoms with van der Waals surface area (Å²) < 4.78 is 0. The zero-order valence-corrected chi connectivity index (χ0v) is 16.9. The number of benzene rings is 1. The first-order chi connectivity index (χ1) is 12.8. The van der Waals surface area contributed by atoms with Gasteiger partial charge in [-0.15, -0.1) is 0 Å². The molecule has 0 unspecified atom stereocenters. The Bertz CT molecular complexity index is 433. The molecule has 148 valence electrons. The van der Waals surface area contributed by atoms with E-state index in [1.807, 2.05) is 6.07 Å². The first-order valence-electron chi connectivity index (χ1n) is 10.8. The van der Waals surface area contributed by atoms with Crippen LogP contribution in [0.1, 0.15) is 83.1 Å². The van der Waals surface area contributed by atoms with Crippen molar-refractivity contribution in [2.75, 3.05) is 19.6 Å². The highest BCUT2D eigenvalue weighted by molar-refractivity contribution is 5.75. The van der Waals surface area contributed by atoms with E-state index in [-0.39, 0.29) is 5.91 Å². The maximum atomic E-state index is 11.8. The SMILES string of the molecule is CCCCCCCCCCCC(=O)NCCCNCCc1ccccc1. The lowest BCUT2D eigenvalue weighted by Gasteiger charge is -2.07.